The second-order valence-corrected chi connectivity index (χ2v) is 9.30. The van der Waals surface area contributed by atoms with Crippen LogP contribution < -0.4 is 16.0 Å². The van der Waals surface area contributed by atoms with Gasteiger partial charge in [-0.2, -0.15) is 4.98 Å². The third-order valence-electron chi connectivity index (χ3n) is 6.56. The fourth-order valence-electron chi connectivity index (χ4n) is 4.43. The van der Waals surface area contributed by atoms with Crippen molar-refractivity contribution in [3.63, 3.8) is 0 Å². The van der Waals surface area contributed by atoms with Gasteiger partial charge >= 0.3 is 0 Å². The molecule has 4 aromatic rings. The van der Waals surface area contributed by atoms with Crippen molar-refractivity contribution in [2.45, 2.75) is 25.4 Å². The molecule has 0 unspecified atom stereocenters. The minimum atomic E-state index is -0.0199. The van der Waals surface area contributed by atoms with E-state index in [1.807, 2.05) is 36.5 Å². The smallest absolute Gasteiger partial charge is 0.251 e. The van der Waals surface area contributed by atoms with Crippen molar-refractivity contribution in [3.05, 3.63) is 78.0 Å². The summed E-state index contributed by atoms with van der Waals surface area (Å²) < 4.78 is 1.80. The second kappa shape index (κ2) is 9.48. The number of fused-ring (bicyclic) bond motifs is 1. The molecule has 3 N–H and O–H groups in total. The number of aromatic nitrogens is 3. The lowest BCUT2D eigenvalue weighted by Gasteiger charge is -2.27. The zero-order chi connectivity index (χ0) is 23.6. The van der Waals surface area contributed by atoms with Crippen LogP contribution in [0.15, 0.2) is 66.9 Å². The van der Waals surface area contributed by atoms with E-state index >= 15 is 0 Å². The predicted molar refractivity (Wildman–Crippen MR) is 137 cm³/mol. The quantitative estimate of drug-likeness (QED) is 0.386. The third kappa shape index (κ3) is 5.03. The number of rotatable bonds is 7. The van der Waals surface area contributed by atoms with Gasteiger partial charge in [-0.15, -0.1) is 5.10 Å². The van der Waals surface area contributed by atoms with Gasteiger partial charge < -0.3 is 16.0 Å². The molecule has 8 nitrogen and oxygen atoms in total. The zero-order valence-electron chi connectivity index (χ0n) is 19.6. The van der Waals surface area contributed by atoms with Gasteiger partial charge in [-0.05, 0) is 60.4 Å². The van der Waals surface area contributed by atoms with Gasteiger partial charge in [-0.1, -0.05) is 24.3 Å². The van der Waals surface area contributed by atoms with Crippen LogP contribution >= 0.6 is 0 Å². The molecular weight excluding hydrogens is 438 g/mol. The van der Waals surface area contributed by atoms with E-state index in [1.165, 1.54) is 5.56 Å². The number of pyridine rings is 1. The maximum Gasteiger partial charge on any atom is 0.251 e. The molecule has 0 atom stereocenters. The number of nitrogens with zero attached hydrogens (tertiary/aromatic N) is 4. The van der Waals surface area contributed by atoms with Crippen LogP contribution in [0.2, 0.25) is 0 Å². The van der Waals surface area contributed by atoms with Crippen molar-refractivity contribution >= 4 is 23.2 Å². The van der Waals surface area contributed by atoms with Crippen molar-refractivity contribution in [1.82, 2.24) is 30.1 Å². The van der Waals surface area contributed by atoms with Gasteiger partial charge in [0.05, 0.1) is 0 Å². The Kier molecular flexibility index (Phi) is 5.89. The first kappa shape index (κ1) is 21.8. The largest absolute Gasteiger partial charge is 0.349 e. The van der Waals surface area contributed by atoms with Crippen molar-refractivity contribution in [2.24, 2.45) is 0 Å². The van der Waals surface area contributed by atoms with Crippen LogP contribution in [0.4, 0.5) is 11.6 Å². The molecule has 1 aliphatic carbocycles. The van der Waals surface area contributed by atoms with Crippen LogP contribution in [0.3, 0.4) is 0 Å². The van der Waals surface area contributed by atoms with Gasteiger partial charge in [0.1, 0.15) is 0 Å². The molecule has 1 aliphatic heterocycles. The van der Waals surface area contributed by atoms with E-state index in [2.05, 4.69) is 56.3 Å². The number of hydrogen-bond donors (Lipinski definition) is 3. The molecular formula is C27H29N7O. The first-order valence-corrected chi connectivity index (χ1v) is 12.3. The maximum absolute atomic E-state index is 12.2. The zero-order valence-corrected chi connectivity index (χ0v) is 19.6. The first-order chi connectivity index (χ1) is 17.2. The van der Waals surface area contributed by atoms with Crippen molar-refractivity contribution in [2.75, 3.05) is 31.5 Å². The second-order valence-electron chi connectivity index (χ2n) is 9.30. The molecule has 6 rings (SSSR count). The normalized spacial score (nSPS) is 16.3. The number of nitrogens with one attached hydrogen (secondary N) is 3. The summed E-state index contributed by atoms with van der Waals surface area (Å²) in [5.74, 6) is 0.497. The van der Waals surface area contributed by atoms with Gasteiger partial charge in [0.15, 0.2) is 5.65 Å². The van der Waals surface area contributed by atoms with Crippen LogP contribution in [0.25, 0.3) is 16.8 Å². The first-order valence-electron chi connectivity index (χ1n) is 12.3. The highest BCUT2D eigenvalue weighted by atomic mass is 16.1. The van der Waals surface area contributed by atoms with E-state index in [-0.39, 0.29) is 5.91 Å². The molecule has 0 radical (unpaired) electrons. The molecule has 8 heteroatoms. The standard InChI is InChI=1S/C27H29N7O/c35-26(29-22-11-12-22)21-7-9-23(10-8-21)30-27-31-25-24(2-1-15-34(25)32-27)20-5-3-19(4-6-20)18-33-16-13-28-14-17-33/h1-10,15,22,28H,11-14,16-18H2,(H,29,35)(H,30,32). The molecule has 1 saturated heterocycles. The maximum atomic E-state index is 12.2. The lowest BCUT2D eigenvalue weighted by molar-refractivity contribution is 0.0951. The number of carbonyl (C=O) groups is 1. The number of hydrogen-bond acceptors (Lipinski definition) is 6. The molecule has 2 fully saturated rings. The lowest BCUT2D eigenvalue weighted by atomic mass is 10.0. The minimum absolute atomic E-state index is 0.0199. The summed E-state index contributed by atoms with van der Waals surface area (Å²) in [6, 6.07) is 20.6. The Morgan fingerprint density at radius 3 is 2.51 bits per heavy atom. The number of benzene rings is 2. The molecule has 3 heterocycles. The van der Waals surface area contributed by atoms with Crippen LogP contribution in [-0.4, -0.2) is 57.6 Å². The summed E-state index contributed by atoms with van der Waals surface area (Å²) in [4.78, 5) is 19.4. The van der Waals surface area contributed by atoms with Gasteiger partial charge in [0, 0.05) is 61.8 Å². The van der Waals surface area contributed by atoms with E-state index in [0.29, 0.717) is 17.6 Å². The minimum Gasteiger partial charge on any atom is -0.349 e. The Hall–Kier alpha value is -3.75. The van der Waals surface area contributed by atoms with Gasteiger partial charge in [-0.25, -0.2) is 4.52 Å². The molecule has 1 amide bonds. The summed E-state index contributed by atoms with van der Waals surface area (Å²) in [7, 11) is 0. The number of anilines is 2. The van der Waals surface area contributed by atoms with Gasteiger partial charge in [0.25, 0.3) is 5.91 Å². The molecule has 2 aromatic carbocycles. The lowest BCUT2D eigenvalue weighted by Crippen LogP contribution is -2.42. The molecule has 35 heavy (non-hydrogen) atoms. The highest BCUT2D eigenvalue weighted by Gasteiger charge is 2.23. The number of amides is 1. The van der Waals surface area contributed by atoms with Gasteiger partial charge in [-0.3, -0.25) is 9.69 Å². The fourth-order valence-corrected chi connectivity index (χ4v) is 4.43. The van der Waals surface area contributed by atoms with Crippen LogP contribution in [0, 0.1) is 0 Å². The van der Waals surface area contributed by atoms with E-state index < -0.39 is 0 Å². The monoisotopic (exact) mass is 467 g/mol. The highest BCUT2D eigenvalue weighted by Crippen LogP contribution is 2.26. The Labute approximate surface area is 204 Å². The van der Waals surface area contributed by atoms with Crippen molar-refractivity contribution < 1.29 is 4.79 Å². The van der Waals surface area contributed by atoms with Gasteiger partial charge in [0.2, 0.25) is 5.95 Å². The van der Waals surface area contributed by atoms with E-state index in [0.717, 1.165) is 68.0 Å². The number of piperazine rings is 1. The van der Waals surface area contributed by atoms with E-state index in [4.69, 9.17) is 4.98 Å². The van der Waals surface area contributed by atoms with Crippen molar-refractivity contribution in [1.29, 1.82) is 0 Å². The molecule has 0 spiro atoms. The topological polar surface area (TPSA) is 86.6 Å². The summed E-state index contributed by atoms with van der Waals surface area (Å²) in [5, 5.41) is 14.3. The Morgan fingerprint density at radius 2 is 1.77 bits per heavy atom. The molecule has 1 saturated carbocycles. The Morgan fingerprint density at radius 1 is 1.00 bits per heavy atom. The van der Waals surface area contributed by atoms with E-state index in [9.17, 15) is 4.79 Å². The average Bonchev–Trinajstić information content (AvgIpc) is 3.61. The average molecular weight is 468 g/mol. The van der Waals surface area contributed by atoms with Crippen molar-refractivity contribution in [3.8, 4) is 11.1 Å². The predicted octanol–water partition coefficient (Wildman–Crippen LogP) is 3.44. The summed E-state index contributed by atoms with van der Waals surface area (Å²) in [6.07, 6.45) is 4.06. The molecule has 2 aliphatic rings. The summed E-state index contributed by atoms with van der Waals surface area (Å²) in [6.45, 7) is 5.28. The summed E-state index contributed by atoms with van der Waals surface area (Å²) in [5.41, 5.74) is 5.76. The van der Waals surface area contributed by atoms with E-state index in [1.54, 1.807) is 4.52 Å². The third-order valence-corrected chi connectivity index (χ3v) is 6.56. The SMILES string of the molecule is O=C(NC1CC1)c1ccc(Nc2nc3c(-c4ccc(CN5CCNCC5)cc4)cccn3n2)cc1. The summed E-state index contributed by atoms with van der Waals surface area (Å²) >= 11 is 0. The number of carbonyl (C=O) groups excluding carboxylic acids is 1. The Balaban J connectivity index is 1.17. The molecule has 2 aromatic heterocycles. The Bertz CT molecular complexity index is 1320. The van der Waals surface area contributed by atoms with Crippen LogP contribution in [0.1, 0.15) is 28.8 Å². The molecule has 178 valence electrons. The highest BCUT2D eigenvalue weighted by molar-refractivity contribution is 5.95. The molecule has 0 bridgehead atoms. The van der Waals surface area contributed by atoms with Crippen LogP contribution in [-0.2, 0) is 6.54 Å². The fraction of sp³-hybridized carbons (Fsp3) is 0.296. The van der Waals surface area contributed by atoms with Crippen LogP contribution in [0.5, 0.6) is 0 Å².